The Bertz CT molecular complexity index is 868. The van der Waals surface area contributed by atoms with E-state index in [9.17, 15) is 9.83 Å². The molecule has 0 spiro atoms. The van der Waals surface area contributed by atoms with E-state index in [-0.39, 0.29) is 12.1 Å². The SMILES string of the molecule is CCCCC(C#N)(OP1(=O)OC(c2ccccc2)C(C)N1C)c1ccccc1. The Labute approximate surface area is 167 Å². The molecule has 1 aliphatic rings. The molecule has 5 nitrogen and oxygen atoms in total. The Morgan fingerprint density at radius 1 is 1.18 bits per heavy atom. The number of unbranched alkanes of at least 4 members (excludes halogenated alkanes) is 1. The van der Waals surface area contributed by atoms with Gasteiger partial charge in [-0.3, -0.25) is 9.05 Å². The lowest BCUT2D eigenvalue weighted by atomic mass is 9.90. The molecule has 148 valence electrons. The van der Waals surface area contributed by atoms with Crippen LogP contribution in [0.3, 0.4) is 0 Å². The molecule has 2 aromatic rings. The second-order valence-corrected chi connectivity index (χ2v) is 9.18. The molecule has 0 amide bonds. The van der Waals surface area contributed by atoms with Gasteiger partial charge < -0.3 is 0 Å². The number of hydrogen-bond donors (Lipinski definition) is 0. The van der Waals surface area contributed by atoms with Crippen LogP contribution in [-0.4, -0.2) is 17.8 Å². The maximum atomic E-state index is 13.8. The summed E-state index contributed by atoms with van der Waals surface area (Å²) in [5.74, 6) is 0. The third-order valence-corrected chi connectivity index (χ3v) is 7.54. The Morgan fingerprint density at radius 3 is 2.36 bits per heavy atom. The molecule has 1 saturated heterocycles. The zero-order chi connectivity index (χ0) is 20.2. The molecule has 1 fully saturated rings. The summed E-state index contributed by atoms with van der Waals surface area (Å²) in [5.41, 5.74) is 0.333. The standard InChI is InChI=1S/C22H27N2O3P/c1-4-5-16-22(17-23,20-14-10-7-11-15-20)27-28(25)24(3)18(2)21(26-28)19-12-8-6-9-13-19/h6-15,18,21H,4-5,16H2,1-3H3. The van der Waals surface area contributed by atoms with E-state index < -0.39 is 13.3 Å². The van der Waals surface area contributed by atoms with Gasteiger partial charge in [-0.05, 0) is 37.9 Å². The van der Waals surface area contributed by atoms with Crippen molar-refractivity contribution in [2.75, 3.05) is 7.05 Å². The Balaban J connectivity index is 1.96. The highest BCUT2D eigenvalue weighted by Gasteiger charge is 2.53. The number of nitriles is 1. The topological polar surface area (TPSA) is 62.6 Å². The van der Waals surface area contributed by atoms with Crippen LogP contribution in [0.2, 0.25) is 0 Å². The van der Waals surface area contributed by atoms with E-state index >= 15 is 0 Å². The lowest BCUT2D eigenvalue weighted by molar-refractivity contribution is 0.0725. The van der Waals surface area contributed by atoms with Gasteiger partial charge in [0, 0.05) is 6.04 Å². The van der Waals surface area contributed by atoms with Crippen LogP contribution in [0.5, 0.6) is 0 Å². The van der Waals surface area contributed by atoms with E-state index in [1.165, 1.54) is 0 Å². The Hall–Kier alpha value is -1.96. The van der Waals surface area contributed by atoms with Crippen molar-refractivity contribution in [3.63, 3.8) is 0 Å². The average molecular weight is 398 g/mol. The maximum Gasteiger partial charge on any atom is 0.410 e. The molecule has 2 aromatic carbocycles. The number of hydrogen-bond acceptors (Lipinski definition) is 4. The Kier molecular flexibility index (Phi) is 6.37. The first-order chi connectivity index (χ1) is 13.5. The van der Waals surface area contributed by atoms with E-state index in [2.05, 4.69) is 13.0 Å². The third kappa shape index (κ3) is 3.92. The van der Waals surface area contributed by atoms with Crippen molar-refractivity contribution in [3.8, 4) is 6.07 Å². The fourth-order valence-electron chi connectivity index (χ4n) is 3.51. The second kappa shape index (κ2) is 8.59. The van der Waals surface area contributed by atoms with Gasteiger partial charge in [0.1, 0.15) is 12.2 Å². The van der Waals surface area contributed by atoms with E-state index in [4.69, 9.17) is 9.05 Å². The van der Waals surface area contributed by atoms with Gasteiger partial charge in [-0.2, -0.15) is 5.26 Å². The van der Waals surface area contributed by atoms with Gasteiger partial charge in [0.2, 0.25) is 0 Å². The summed E-state index contributed by atoms with van der Waals surface area (Å²) in [7, 11) is -1.93. The molecule has 0 aliphatic carbocycles. The van der Waals surface area contributed by atoms with Crippen LogP contribution in [0.25, 0.3) is 0 Å². The molecule has 4 atom stereocenters. The molecule has 0 bridgehead atoms. The largest absolute Gasteiger partial charge is 0.410 e. The zero-order valence-corrected chi connectivity index (χ0v) is 17.5. The summed E-state index contributed by atoms with van der Waals surface area (Å²) in [6.45, 7) is 4.02. The van der Waals surface area contributed by atoms with Crippen molar-refractivity contribution in [2.24, 2.45) is 0 Å². The predicted octanol–water partition coefficient (Wildman–Crippen LogP) is 5.81. The summed E-state index contributed by atoms with van der Waals surface area (Å²) < 4.78 is 27.6. The Morgan fingerprint density at radius 2 is 1.79 bits per heavy atom. The quantitative estimate of drug-likeness (QED) is 0.551. The van der Waals surface area contributed by atoms with Gasteiger partial charge in [0.05, 0.1) is 0 Å². The first-order valence-corrected chi connectivity index (χ1v) is 11.2. The highest BCUT2D eigenvalue weighted by atomic mass is 31.2. The predicted molar refractivity (Wildman–Crippen MR) is 109 cm³/mol. The highest BCUT2D eigenvalue weighted by Crippen LogP contribution is 2.65. The first kappa shape index (κ1) is 20.8. The van der Waals surface area contributed by atoms with Crippen LogP contribution in [0, 0.1) is 11.3 Å². The summed E-state index contributed by atoms with van der Waals surface area (Å²) in [5, 5.41) is 10.1. The normalized spacial score (nSPS) is 27.2. The molecule has 0 saturated carbocycles. The average Bonchev–Trinajstić information content (AvgIpc) is 2.96. The van der Waals surface area contributed by atoms with E-state index in [1.807, 2.05) is 67.6 Å². The van der Waals surface area contributed by atoms with Crippen LogP contribution in [0.1, 0.15) is 50.3 Å². The summed E-state index contributed by atoms with van der Waals surface area (Å²) in [4.78, 5) is 0. The number of nitrogens with zero attached hydrogens (tertiary/aromatic N) is 2. The van der Waals surface area contributed by atoms with Crippen LogP contribution < -0.4 is 0 Å². The summed E-state index contributed by atoms with van der Waals surface area (Å²) >= 11 is 0. The molecule has 6 heteroatoms. The highest BCUT2D eigenvalue weighted by molar-refractivity contribution is 7.51. The van der Waals surface area contributed by atoms with Gasteiger partial charge >= 0.3 is 7.75 Å². The minimum atomic E-state index is -3.67. The molecule has 0 N–H and O–H groups in total. The number of likely N-dealkylation sites (N-methyl/N-ethyl adjacent to an activating group) is 1. The monoisotopic (exact) mass is 398 g/mol. The maximum absolute atomic E-state index is 13.8. The fraction of sp³-hybridized carbons (Fsp3) is 0.409. The lowest BCUT2D eigenvalue weighted by Gasteiger charge is -2.32. The van der Waals surface area contributed by atoms with Crippen molar-refractivity contribution in [3.05, 3.63) is 71.8 Å². The van der Waals surface area contributed by atoms with Crippen molar-refractivity contribution < 1.29 is 13.6 Å². The summed E-state index contributed by atoms with van der Waals surface area (Å²) in [6, 6.07) is 21.2. The molecule has 1 aliphatic heterocycles. The van der Waals surface area contributed by atoms with Crippen molar-refractivity contribution in [1.82, 2.24) is 4.67 Å². The van der Waals surface area contributed by atoms with Crippen molar-refractivity contribution >= 4 is 7.75 Å². The number of rotatable bonds is 7. The molecule has 1 heterocycles. The molecule has 4 unspecified atom stereocenters. The molecule has 0 radical (unpaired) electrons. The van der Waals surface area contributed by atoms with Gasteiger partial charge in [-0.1, -0.05) is 74.0 Å². The van der Waals surface area contributed by atoms with Gasteiger partial charge in [0.15, 0.2) is 5.60 Å². The zero-order valence-electron chi connectivity index (χ0n) is 16.6. The van der Waals surface area contributed by atoms with E-state index in [0.717, 1.165) is 18.4 Å². The van der Waals surface area contributed by atoms with Crippen LogP contribution in [0.4, 0.5) is 0 Å². The second-order valence-electron chi connectivity index (χ2n) is 7.22. The van der Waals surface area contributed by atoms with E-state index in [0.29, 0.717) is 12.0 Å². The molecule has 28 heavy (non-hydrogen) atoms. The van der Waals surface area contributed by atoms with Crippen LogP contribution >= 0.6 is 7.75 Å². The van der Waals surface area contributed by atoms with E-state index in [1.54, 1.807) is 11.7 Å². The van der Waals surface area contributed by atoms with Gasteiger partial charge in [0.25, 0.3) is 0 Å². The summed E-state index contributed by atoms with van der Waals surface area (Å²) in [6.07, 6.45) is 1.76. The molecule has 0 aromatic heterocycles. The van der Waals surface area contributed by atoms with Crippen LogP contribution in [-0.2, 0) is 19.2 Å². The fourth-order valence-corrected chi connectivity index (χ4v) is 5.61. The molecular formula is C22H27N2O3P. The van der Waals surface area contributed by atoms with Crippen LogP contribution in [0.15, 0.2) is 60.7 Å². The smallest absolute Gasteiger partial charge is 0.287 e. The molecule has 3 rings (SSSR count). The lowest BCUT2D eigenvalue weighted by Crippen LogP contribution is -2.30. The molecular weight excluding hydrogens is 371 g/mol. The van der Waals surface area contributed by atoms with Crippen molar-refractivity contribution in [2.45, 2.75) is 50.9 Å². The van der Waals surface area contributed by atoms with Crippen molar-refractivity contribution in [1.29, 1.82) is 5.26 Å². The number of benzene rings is 2. The van der Waals surface area contributed by atoms with Gasteiger partial charge in [-0.15, -0.1) is 0 Å². The van der Waals surface area contributed by atoms with Gasteiger partial charge in [-0.25, -0.2) is 9.24 Å². The minimum absolute atomic E-state index is 0.147. The first-order valence-electron chi connectivity index (χ1n) is 9.70. The minimum Gasteiger partial charge on any atom is -0.287 e. The third-order valence-electron chi connectivity index (χ3n) is 5.36.